The average molecular weight is 139 g/mol. The Labute approximate surface area is 45.3 Å². The van der Waals surface area contributed by atoms with Crippen molar-refractivity contribution in [1.82, 2.24) is 0 Å². The van der Waals surface area contributed by atoms with E-state index in [1.165, 1.54) is 0 Å². The SMILES string of the molecule is ClOCl.[Cr+6]. The summed E-state index contributed by atoms with van der Waals surface area (Å²) in [5.41, 5.74) is 0. The molecule has 0 radical (unpaired) electrons. The number of halogens is 2. The van der Waals surface area contributed by atoms with E-state index in [1.54, 1.807) is 0 Å². The van der Waals surface area contributed by atoms with Crippen LogP contribution in [0.4, 0.5) is 0 Å². The molecule has 0 heterocycles. The standard InChI is InChI=1S/Cl2O.Cr/c1-3-2;/q;+6. The second-order valence-electron chi connectivity index (χ2n) is 0.0583. The molecule has 1 nitrogen and oxygen atoms in total. The maximum atomic E-state index is 4.26. The Hall–Kier alpha value is 1.07. The predicted octanol–water partition coefficient (Wildman–Crippen LogP) is 1.31. The summed E-state index contributed by atoms with van der Waals surface area (Å²) in [7, 11) is 0. The van der Waals surface area contributed by atoms with E-state index in [0.717, 1.165) is 0 Å². The van der Waals surface area contributed by atoms with Crippen LogP contribution in [0.1, 0.15) is 0 Å². The van der Waals surface area contributed by atoms with E-state index in [0.29, 0.717) is 0 Å². The van der Waals surface area contributed by atoms with E-state index in [4.69, 9.17) is 0 Å². The van der Waals surface area contributed by atoms with Crippen molar-refractivity contribution in [3.05, 3.63) is 0 Å². The van der Waals surface area contributed by atoms with Crippen molar-refractivity contribution in [1.29, 1.82) is 0 Å². The van der Waals surface area contributed by atoms with Crippen LogP contribution in [0.2, 0.25) is 0 Å². The molecule has 0 rings (SSSR count). The molecule has 0 amide bonds. The third-order valence-corrected chi connectivity index (χ3v) is 0. The van der Waals surface area contributed by atoms with Crippen molar-refractivity contribution in [3.63, 3.8) is 0 Å². The largest absolute Gasteiger partial charge is 6.00 e. The summed E-state index contributed by atoms with van der Waals surface area (Å²) in [5, 5.41) is 0. The van der Waals surface area contributed by atoms with Crippen LogP contribution in [0.15, 0.2) is 0 Å². The van der Waals surface area contributed by atoms with Gasteiger partial charge in [-0.25, -0.2) is 0 Å². The molecule has 0 aliphatic rings. The fraction of sp³-hybridized carbons (Fsp3) is 0. The molecule has 0 aliphatic heterocycles. The smallest absolute Gasteiger partial charge is 0.166 e. The van der Waals surface area contributed by atoms with Crippen LogP contribution in [0.25, 0.3) is 0 Å². The van der Waals surface area contributed by atoms with Crippen molar-refractivity contribution in [2.75, 3.05) is 0 Å². The summed E-state index contributed by atoms with van der Waals surface area (Å²) < 4.78 is 3.19. The molecule has 0 fully saturated rings. The zero-order chi connectivity index (χ0) is 2.71. The van der Waals surface area contributed by atoms with Crippen LogP contribution in [0.5, 0.6) is 0 Å². The van der Waals surface area contributed by atoms with Gasteiger partial charge >= 0.3 is 17.4 Å². The molecule has 0 aromatic carbocycles. The minimum Gasteiger partial charge on any atom is -0.166 e. The maximum absolute atomic E-state index is 4.26. The molecule has 0 saturated heterocycles. The number of rotatable bonds is 0. The van der Waals surface area contributed by atoms with Crippen LogP contribution >= 0.6 is 23.7 Å². The molecule has 0 aromatic rings. The quantitative estimate of drug-likeness (QED) is 0.491. The van der Waals surface area contributed by atoms with Gasteiger partial charge in [-0.15, -0.1) is 0 Å². The van der Waals surface area contributed by atoms with Gasteiger partial charge in [-0.05, 0) is 0 Å². The minimum atomic E-state index is 0. The first kappa shape index (κ1) is 8.91. The van der Waals surface area contributed by atoms with Crippen LogP contribution in [-0.2, 0) is 21.2 Å². The Morgan fingerprint density at radius 3 is 1.25 bits per heavy atom. The number of hydrogen-bond donors (Lipinski definition) is 0. The summed E-state index contributed by atoms with van der Waals surface area (Å²) in [6, 6.07) is 0. The fourth-order valence-corrected chi connectivity index (χ4v) is 0. The van der Waals surface area contributed by atoms with Gasteiger partial charge < -0.3 is 0 Å². The molecular formula is Cl2CrO+6. The zero-order valence-electron chi connectivity index (χ0n) is 1.57. The van der Waals surface area contributed by atoms with E-state index in [2.05, 4.69) is 27.6 Å². The fourth-order valence-electron chi connectivity index (χ4n) is 0. The molecule has 0 aliphatic carbocycles. The van der Waals surface area contributed by atoms with E-state index in [9.17, 15) is 0 Å². The van der Waals surface area contributed by atoms with Crippen molar-refractivity contribution >= 4 is 23.7 Å². The topological polar surface area (TPSA) is 9.23 Å². The van der Waals surface area contributed by atoms with Gasteiger partial charge in [0.25, 0.3) is 0 Å². The molecule has 0 spiro atoms. The van der Waals surface area contributed by atoms with Gasteiger partial charge in [-0.3, -0.25) is 0 Å². The van der Waals surface area contributed by atoms with Crippen LogP contribution in [-0.4, -0.2) is 0 Å². The number of hydrogen-bond acceptors (Lipinski definition) is 1. The molecule has 0 atom stereocenters. The normalized spacial score (nSPS) is 4.50. The van der Waals surface area contributed by atoms with Gasteiger partial charge in [-0.2, -0.15) is 3.84 Å². The third-order valence-electron chi connectivity index (χ3n) is 0. The molecular weight excluding hydrogens is 139 g/mol. The van der Waals surface area contributed by atoms with E-state index in [-0.39, 0.29) is 17.4 Å². The Morgan fingerprint density at radius 1 is 1.25 bits per heavy atom. The zero-order valence-corrected chi connectivity index (χ0v) is 4.36. The van der Waals surface area contributed by atoms with Gasteiger partial charge in [-0.1, -0.05) is 0 Å². The molecule has 0 aromatic heterocycles. The first-order valence-corrected chi connectivity index (χ1v) is 0.926. The van der Waals surface area contributed by atoms with E-state index < -0.39 is 0 Å². The second-order valence-corrected chi connectivity index (χ2v) is 0.525. The second kappa shape index (κ2) is 8.95. The molecule has 0 bridgehead atoms. The van der Waals surface area contributed by atoms with Crippen molar-refractivity contribution in [2.45, 2.75) is 0 Å². The van der Waals surface area contributed by atoms with E-state index in [1.807, 2.05) is 0 Å². The first-order valence-electron chi connectivity index (χ1n) is 0.309. The van der Waals surface area contributed by atoms with Gasteiger partial charge in [0.15, 0.2) is 0 Å². The monoisotopic (exact) mass is 138 g/mol. The Balaban J connectivity index is 0. The summed E-state index contributed by atoms with van der Waals surface area (Å²) >= 11 is 8.53. The average Bonchev–Trinajstić information content (AvgIpc) is 0.918. The Morgan fingerprint density at radius 2 is 1.25 bits per heavy atom. The summed E-state index contributed by atoms with van der Waals surface area (Å²) in [4.78, 5) is 0. The Kier molecular flexibility index (Phi) is 19.9. The molecule has 4 heavy (non-hydrogen) atoms. The van der Waals surface area contributed by atoms with Crippen molar-refractivity contribution < 1.29 is 21.2 Å². The summed E-state index contributed by atoms with van der Waals surface area (Å²) in [5.74, 6) is 0. The van der Waals surface area contributed by atoms with Crippen LogP contribution < -0.4 is 0 Å². The van der Waals surface area contributed by atoms with Gasteiger partial charge in [0.2, 0.25) is 0 Å². The summed E-state index contributed by atoms with van der Waals surface area (Å²) in [6.07, 6.45) is 0. The first-order chi connectivity index (χ1) is 1.41. The van der Waals surface area contributed by atoms with Crippen LogP contribution in [0.3, 0.4) is 0 Å². The third kappa shape index (κ3) is 11.5. The molecule has 4 heteroatoms. The Bertz CT molecular complexity index is 6.00. The van der Waals surface area contributed by atoms with E-state index >= 15 is 0 Å². The summed E-state index contributed by atoms with van der Waals surface area (Å²) in [6.45, 7) is 0. The molecule has 20 valence electrons. The van der Waals surface area contributed by atoms with Gasteiger partial charge in [0.1, 0.15) is 0 Å². The maximum Gasteiger partial charge on any atom is 6.00 e. The molecule has 0 N–H and O–H groups in total. The van der Waals surface area contributed by atoms with Crippen LogP contribution in [0, 0.1) is 0 Å². The van der Waals surface area contributed by atoms with Gasteiger partial charge in [0.05, 0.1) is 23.7 Å². The van der Waals surface area contributed by atoms with Gasteiger partial charge in [0, 0.05) is 0 Å². The van der Waals surface area contributed by atoms with Crippen molar-refractivity contribution in [2.24, 2.45) is 0 Å². The molecule has 0 unspecified atom stereocenters. The minimum absolute atomic E-state index is 0. The molecule has 0 saturated carbocycles. The predicted molar refractivity (Wildman–Crippen MR) is 12.8 cm³/mol. The van der Waals surface area contributed by atoms with Crippen molar-refractivity contribution in [3.8, 4) is 0 Å².